The Labute approximate surface area is 147 Å². The second-order valence-electron chi connectivity index (χ2n) is 5.68. The maximum Gasteiger partial charge on any atom is 0.405 e. The number of nitrogens with one attached hydrogen (secondary N) is 1. The molecule has 1 unspecified atom stereocenters. The Balaban J connectivity index is 1.38. The monoisotopic (exact) mass is 377 g/mol. The minimum atomic E-state index is -3.35. The highest BCUT2D eigenvalue weighted by atomic mass is 31.2. The molecule has 0 fully saturated rings. The molecule has 136 valence electrons. The summed E-state index contributed by atoms with van der Waals surface area (Å²) in [5.41, 5.74) is 6.55. The van der Waals surface area contributed by atoms with E-state index in [2.05, 4.69) is 15.0 Å². The van der Waals surface area contributed by atoms with E-state index < -0.39 is 13.2 Å². The molecular formula is C15H16N5O5P. The van der Waals surface area contributed by atoms with Crippen LogP contribution in [0.3, 0.4) is 0 Å². The van der Waals surface area contributed by atoms with Gasteiger partial charge in [-0.15, -0.1) is 0 Å². The Bertz CT molecular complexity index is 1060. The van der Waals surface area contributed by atoms with E-state index in [9.17, 15) is 9.36 Å². The molecule has 3 N–H and O–H groups in total. The smallest absolute Gasteiger partial charge is 0.405 e. The topological polar surface area (TPSA) is 134 Å². The number of aromatic nitrogens is 4. The van der Waals surface area contributed by atoms with Crippen molar-refractivity contribution in [2.24, 2.45) is 0 Å². The van der Waals surface area contributed by atoms with Crippen molar-refractivity contribution < 1.29 is 18.3 Å². The first kappa shape index (κ1) is 16.8. The zero-order valence-electron chi connectivity index (χ0n) is 13.6. The van der Waals surface area contributed by atoms with Crippen LogP contribution in [0.15, 0.2) is 35.4 Å². The number of nitrogens with zero attached hydrogens (tertiary/aromatic N) is 3. The maximum absolute atomic E-state index is 12.6. The minimum absolute atomic E-state index is 0.0114. The summed E-state index contributed by atoms with van der Waals surface area (Å²) < 4.78 is 30.5. The molecule has 0 saturated heterocycles. The third kappa shape index (κ3) is 3.22. The van der Waals surface area contributed by atoms with Gasteiger partial charge in [-0.05, 0) is 6.07 Å². The SMILES string of the molecule is Nc1nc2c(ncn2CCOCP2(=O)OCc3ccccc3O2)c(=O)[nH]1. The number of hydrogen-bond acceptors (Lipinski definition) is 8. The molecule has 10 nitrogen and oxygen atoms in total. The van der Waals surface area contributed by atoms with Gasteiger partial charge in [-0.1, -0.05) is 18.2 Å². The average molecular weight is 377 g/mol. The minimum Gasteiger partial charge on any atom is -0.422 e. The van der Waals surface area contributed by atoms with Crippen molar-refractivity contribution in [3.05, 3.63) is 46.5 Å². The van der Waals surface area contributed by atoms with Gasteiger partial charge in [0.2, 0.25) is 5.95 Å². The van der Waals surface area contributed by atoms with Gasteiger partial charge in [0.25, 0.3) is 5.56 Å². The van der Waals surface area contributed by atoms with Gasteiger partial charge in [0.15, 0.2) is 17.5 Å². The number of aromatic amines is 1. The molecule has 0 bridgehead atoms. The molecule has 1 atom stereocenters. The van der Waals surface area contributed by atoms with Gasteiger partial charge < -0.3 is 19.6 Å². The third-order valence-corrected chi connectivity index (χ3v) is 5.34. The van der Waals surface area contributed by atoms with Crippen molar-refractivity contribution in [3.8, 4) is 5.75 Å². The van der Waals surface area contributed by atoms with E-state index in [0.29, 0.717) is 17.9 Å². The second kappa shape index (κ2) is 6.56. The highest BCUT2D eigenvalue weighted by Gasteiger charge is 2.32. The summed E-state index contributed by atoms with van der Waals surface area (Å²) >= 11 is 0. The van der Waals surface area contributed by atoms with Crippen LogP contribution in [0.4, 0.5) is 5.95 Å². The van der Waals surface area contributed by atoms with Crippen LogP contribution in [0.1, 0.15) is 5.56 Å². The molecule has 1 aliphatic rings. The summed E-state index contributed by atoms with van der Waals surface area (Å²) in [7, 11) is -3.35. The van der Waals surface area contributed by atoms with Crippen LogP contribution in [-0.2, 0) is 27.0 Å². The van der Waals surface area contributed by atoms with Gasteiger partial charge in [-0.3, -0.25) is 14.3 Å². The number of H-pyrrole nitrogens is 1. The average Bonchev–Trinajstić information content (AvgIpc) is 3.02. The van der Waals surface area contributed by atoms with Crippen molar-refractivity contribution in [2.75, 3.05) is 18.7 Å². The summed E-state index contributed by atoms with van der Waals surface area (Å²) in [6, 6.07) is 7.26. The lowest BCUT2D eigenvalue weighted by Gasteiger charge is -2.25. The summed E-state index contributed by atoms with van der Waals surface area (Å²) in [4.78, 5) is 22.2. The van der Waals surface area contributed by atoms with E-state index in [1.807, 2.05) is 12.1 Å². The van der Waals surface area contributed by atoms with E-state index in [4.69, 9.17) is 19.5 Å². The maximum atomic E-state index is 12.6. The molecule has 1 aromatic carbocycles. The lowest BCUT2D eigenvalue weighted by atomic mass is 10.2. The number of fused-ring (bicyclic) bond motifs is 2. The van der Waals surface area contributed by atoms with Gasteiger partial charge >= 0.3 is 7.60 Å². The van der Waals surface area contributed by atoms with Crippen LogP contribution in [0.2, 0.25) is 0 Å². The molecule has 1 aliphatic heterocycles. The van der Waals surface area contributed by atoms with Crippen molar-refractivity contribution >= 4 is 24.7 Å². The number of rotatable bonds is 5. The van der Waals surface area contributed by atoms with Gasteiger partial charge in [0.1, 0.15) is 5.75 Å². The van der Waals surface area contributed by atoms with Gasteiger partial charge in [0, 0.05) is 12.1 Å². The first-order chi connectivity index (χ1) is 12.5. The molecule has 11 heteroatoms. The fourth-order valence-corrected chi connectivity index (χ4v) is 3.94. The first-order valence-electron chi connectivity index (χ1n) is 7.83. The van der Waals surface area contributed by atoms with Gasteiger partial charge in [0.05, 0.1) is 19.5 Å². The van der Waals surface area contributed by atoms with Gasteiger partial charge in [-0.2, -0.15) is 4.98 Å². The van der Waals surface area contributed by atoms with Gasteiger partial charge in [-0.25, -0.2) is 9.55 Å². The van der Waals surface area contributed by atoms with Crippen molar-refractivity contribution in [1.82, 2.24) is 19.5 Å². The molecule has 3 heterocycles. The number of ether oxygens (including phenoxy) is 1. The number of hydrogen-bond donors (Lipinski definition) is 2. The highest BCUT2D eigenvalue weighted by Crippen LogP contribution is 2.53. The van der Waals surface area contributed by atoms with E-state index in [1.165, 1.54) is 6.33 Å². The molecule has 0 aliphatic carbocycles. The second-order valence-corrected chi connectivity index (χ2v) is 7.60. The molecular weight excluding hydrogens is 361 g/mol. The Hall–Kier alpha value is -2.68. The highest BCUT2D eigenvalue weighted by molar-refractivity contribution is 7.54. The summed E-state index contributed by atoms with van der Waals surface area (Å²) in [5, 5.41) is 0. The van der Waals surface area contributed by atoms with Crippen LogP contribution in [0, 0.1) is 0 Å². The Kier molecular flexibility index (Phi) is 4.23. The Morgan fingerprint density at radius 1 is 1.38 bits per heavy atom. The van der Waals surface area contributed by atoms with E-state index >= 15 is 0 Å². The quantitative estimate of drug-likeness (QED) is 0.504. The lowest BCUT2D eigenvalue weighted by molar-refractivity contribution is 0.132. The molecule has 26 heavy (non-hydrogen) atoms. The normalized spacial score (nSPS) is 19.2. The fraction of sp³-hybridized carbons (Fsp3) is 0.267. The van der Waals surface area contributed by atoms with E-state index in [0.717, 1.165) is 5.56 Å². The van der Waals surface area contributed by atoms with Crippen LogP contribution < -0.4 is 15.8 Å². The standard InChI is InChI=1S/C15H16N5O5P/c16-15-18-13-12(14(21)19-15)17-8-20(13)5-6-23-9-26(22)24-7-10-3-1-2-4-11(10)25-26/h1-4,8H,5-7,9H2,(H3,16,18,19,21). The van der Waals surface area contributed by atoms with Crippen LogP contribution in [0.5, 0.6) is 5.75 Å². The zero-order valence-corrected chi connectivity index (χ0v) is 14.5. The predicted octanol–water partition coefficient (Wildman–Crippen LogP) is 1.48. The predicted molar refractivity (Wildman–Crippen MR) is 92.8 cm³/mol. The molecule has 0 radical (unpaired) electrons. The molecule has 0 saturated carbocycles. The van der Waals surface area contributed by atoms with Crippen molar-refractivity contribution in [3.63, 3.8) is 0 Å². The Morgan fingerprint density at radius 2 is 2.23 bits per heavy atom. The lowest BCUT2D eigenvalue weighted by Crippen LogP contribution is -2.14. The zero-order chi connectivity index (χ0) is 18.1. The molecule has 4 rings (SSSR count). The molecule has 0 amide bonds. The third-order valence-electron chi connectivity index (χ3n) is 3.85. The largest absolute Gasteiger partial charge is 0.422 e. The summed E-state index contributed by atoms with van der Waals surface area (Å²) in [5.74, 6) is 0.558. The molecule has 3 aromatic rings. The van der Waals surface area contributed by atoms with Crippen LogP contribution >= 0.6 is 7.60 Å². The first-order valence-corrected chi connectivity index (χ1v) is 9.56. The summed E-state index contributed by atoms with van der Waals surface area (Å²) in [6.07, 6.45) is 1.30. The van der Waals surface area contributed by atoms with Crippen molar-refractivity contribution in [1.29, 1.82) is 0 Å². The van der Waals surface area contributed by atoms with Crippen LogP contribution in [-0.4, -0.2) is 32.5 Å². The number of nitrogen functional groups attached to an aromatic ring is 1. The molecule has 0 spiro atoms. The van der Waals surface area contributed by atoms with E-state index in [-0.39, 0.29) is 31.0 Å². The number of para-hydroxylation sites is 1. The number of nitrogens with two attached hydrogens (primary N) is 1. The number of benzene rings is 1. The fourth-order valence-electron chi connectivity index (χ4n) is 2.59. The number of anilines is 1. The number of imidazole rings is 1. The van der Waals surface area contributed by atoms with Crippen LogP contribution in [0.25, 0.3) is 11.2 Å². The van der Waals surface area contributed by atoms with E-state index in [1.54, 1.807) is 16.7 Å². The van der Waals surface area contributed by atoms with Crippen molar-refractivity contribution in [2.45, 2.75) is 13.2 Å². The summed E-state index contributed by atoms with van der Waals surface area (Å²) in [6.45, 7) is 0.774. The Morgan fingerprint density at radius 3 is 3.12 bits per heavy atom. The molecule has 2 aromatic heterocycles.